The SMILES string of the molecule is CC(=O)OCC(O)C(OC(C)=O)C(OC(C)=O)C(OC(C)=O)C(=O)O. The van der Waals surface area contributed by atoms with E-state index in [1.165, 1.54) is 0 Å². The van der Waals surface area contributed by atoms with Crippen LogP contribution < -0.4 is 0 Å². The van der Waals surface area contributed by atoms with Gasteiger partial charge in [0.05, 0.1) is 0 Å². The number of carboxylic acid groups (broad SMARTS) is 1. The monoisotopic (exact) mass is 364 g/mol. The van der Waals surface area contributed by atoms with Gasteiger partial charge in [0.2, 0.25) is 6.10 Å². The van der Waals surface area contributed by atoms with Crippen molar-refractivity contribution in [3.05, 3.63) is 0 Å². The third-order valence-electron chi connectivity index (χ3n) is 2.60. The molecular formula is C14H20O11. The Kier molecular flexibility index (Phi) is 9.13. The van der Waals surface area contributed by atoms with E-state index in [9.17, 15) is 34.2 Å². The van der Waals surface area contributed by atoms with Crippen LogP contribution in [0, 0.1) is 0 Å². The summed E-state index contributed by atoms with van der Waals surface area (Å²) in [4.78, 5) is 55.9. The van der Waals surface area contributed by atoms with E-state index in [2.05, 4.69) is 9.47 Å². The number of aliphatic hydroxyl groups excluding tert-OH is 1. The minimum atomic E-state index is -2.07. The molecule has 11 nitrogen and oxygen atoms in total. The van der Waals surface area contributed by atoms with Crippen LogP contribution >= 0.6 is 0 Å². The average Bonchev–Trinajstić information content (AvgIpc) is 2.45. The summed E-state index contributed by atoms with van der Waals surface area (Å²) in [6.45, 7) is 3.17. The molecule has 0 aliphatic carbocycles. The van der Waals surface area contributed by atoms with Gasteiger partial charge in [-0.05, 0) is 0 Å². The molecule has 0 bridgehead atoms. The van der Waals surface area contributed by atoms with E-state index in [-0.39, 0.29) is 0 Å². The molecule has 25 heavy (non-hydrogen) atoms. The molecule has 0 amide bonds. The van der Waals surface area contributed by atoms with Gasteiger partial charge in [-0.1, -0.05) is 0 Å². The number of carbonyl (C=O) groups is 5. The van der Waals surface area contributed by atoms with Crippen LogP contribution in [0.3, 0.4) is 0 Å². The van der Waals surface area contributed by atoms with Crippen LogP contribution in [-0.2, 0) is 42.9 Å². The topological polar surface area (TPSA) is 163 Å². The molecule has 4 atom stereocenters. The third kappa shape index (κ3) is 8.65. The second-order valence-electron chi connectivity index (χ2n) is 4.89. The molecule has 11 heteroatoms. The largest absolute Gasteiger partial charge is 0.478 e. The lowest BCUT2D eigenvalue weighted by molar-refractivity contribution is -0.201. The fourth-order valence-electron chi connectivity index (χ4n) is 1.78. The van der Waals surface area contributed by atoms with Gasteiger partial charge >= 0.3 is 29.8 Å². The quantitative estimate of drug-likeness (QED) is 0.373. The molecule has 4 unspecified atom stereocenters. The number of hydrogen-bond donors (Lipinski definition) is 2. The molecule has 142 valence electrons. The zero-order valence-electron chi connectivity index (χ0n) is 14.1. The first-order valence-electron chi connectivity index (χ1n) is 7.01. The van der Waals surface area contributed by atoms with Gasteiger partial charge in [-0.2, -0.15) is 0 Å². The van der Waals surface area contributed by atoms with Gasteiger partial charge in [0.1, 0.15) is 12.7 Å². The summed E-state index contributed by atoms with van der Waals surface area (Å²) in [5.41, 5.74) is 0. The van der Waals surface area contributed by atoms with E-state index in [0.717, 1.165) is 27.7 Å². The molecule has 0 spiro atoms. The highest BCUT2D eigenvalue weighted by atomic mass is 16.6. The molecule has 0 fully saturated rings. The second kappa shape index (κ2) is 10.2. The lowest BCUT2D eigenvalue weighted by Gasteiger charge is -2.32. The number of rotatable bonds is 9. The van der Waals surface area contributed by atoms with Gasteiger partial charge in [0.15, 0.2) is 12.2 Å². The molecule has 0 aliphatic rings. The number of carbonyl (C=O) groups excluding carboxylic acids is 4. The highest BCUT2D eigenvalue weighted by Crippen LogP contribution is 2.18. The Morgan fingerprint density at radius 1 is 0.760 bits per heavy atom. The van der Waals surface area contributed by atoms with Crippen molar-refractivity contribution in [3.63, 3.8) is 0 Å². The Balaban J connectivity index is 5.74. The first-order chi connectivity index (χ1) is 11.5. The third-order valence-corrected chi connectivity index (χ3v) is 2.60. The van der Waals surface area contributed by atoms with E-state index in [1.807, 2.05) is 0 Å². The van der Waals surface area contributed by atoms with Crippen molar-refractivity contribution >= 4 is 29.8 Å². The lowest BCUT2D eigenvalue weighted by atomic mass is 10.0. The first-order valence-corrected chi connectivity index (χ1v) is 7.01. The molecule has 0 radical (unpaired) electrons. The molecule has 2 N–H and O–H groups in total. The minimum Gasteiger partial charge on any atom is -0.478 e. The normalized spacial score (nSPS) is 15.1. The van der Waals surface area contributed by atoms with Gasteiger partial charge in [-0.25, -0.2) is 4.79 Å². The Hall–Kier alpha value is -2.69. The van der Waals surface area contributed by atoms with E-state index >= 15 is 0 Å². The highest BCUT2D eigenvalue weighted by molar-refractivity contribution is 5.78. The van der Waals surface area contributed by atoms with Crippen molar-refractivity contribution in [1.29, 1.82) is 0 Å². The maximum absolute atomic E-state index is 11.4. The number of aliphatic carboxylic acids is 1. The van der Waals surface area contributed by atoms with Crippen LogP contribution in [-0.4, -0.2) is 71.1 Å². The maximum atomic E-state index is 11.4. The van der Waals surface area contributed by atoms with Crippen molar-refractivity contribution < 1.29 is 53.1 Å². The molecule has 0 aromatic rings. The van der Waals surface area contributed by atoms with Crippen LogP contribution in [0.2, 0.25) is 0 Å². The van der Waals surface area contributed by atoms with Crippen LogP contribution in [0.4, 0.5) is 0 Å². The standard InChI is InChI=1S/C14H20O11/c1-6(15)22-5-10(19)11(23-7(2)16)12(24-8(3)17)13(14(20)21)25-9(4)18/h10-13,19H,5H2,1-4H3,(H,20,21). The molecule has 0 saturated heterocycles. The van der Waals surface area contributed by atoms with Gasteiger partial charge < -0.3 is 29.2 Å². The van der Waals surface area contributed by atoms with Crippen LogP contribution in [0.5, 0.6) is 0 Å². The minimum absolute atomic E-state index is 0.683. The Morgan fingerprint density at radius 3 is 1.56 bits per heavy atom. The molecule has 0 saturated carbocycles. The summed E-state index contributed by atoms with van der Waals surface area (Å²) >= 11 is 0. The van der Waals surface area contributed by atoms with Crippen molar-refractivity contribution in [2.75, 3.05) is 6.61 Å². The van der Waals surface area contributed by atoms with Crippen molar-refractivity contribution in [1.82, 2.24) is 0 Å². The Labute approximate surface area is 142 Å². The Bertz CT molecular complexity index is 527. The molecule has 0 heterocycles. The van der Waals surface area contributed by atoms with Gasteiger partial charge in [0, 0.05) is 27.7 Å². The van der Waals surface area contributed by atoms with Crippen LogP contribution in [0.1, 0.15) is 27.7 Å². The van der Waals surface area contributed by atoms with Crippen molar-refractivity contribution in [2.45, 2.75) is 52.1 Å². The predicted octanol–water partition coefficient (Wildman–Crippen LogP) is -1.21. The van der Waals surface area contributed by atoms with Crippen molar-refractivity contribution in [3.8, 4) is 0 Å². The first kappa shape index (κ1) is 22.3. The molecule has 0 aliphatic heterocycles. The van der Waals surface area contributed by atoms with E-state index in [1.54, 1.807) is 0 Å². The second-order valence-corrected chi connectivity index (χ2v) is 4.89. The van der Waals surface area contributed by atoms with E-state index in [0.29, 0.717) is 0 Å². The molecular weight excluding hydrogens is 344 g/mol. The zero-order valence-corrected chi connectivity index (χ0v) is 14.1. The fraction of sp³-hybridized carbons (Fsp3) is 0.643. The van der Waals surface area contributed by atoms with E-state index < -0.39 is 60.9 Å². The number of esters is 4. The predicted molar refractivity (Wildman–Crippen MR) is 76.9 cm³/mol. The number of ether oxygens (including phenoxy) is 4. The summed E-state index contributed by atoms with van der Waals surface area (Å²) in [5.74, 6) is -5.42. The average molecular weight is 364 g/mol. The van der Waals surface area contributed by atoms with E-state index in [4.69, 9.17) is 9.47 Å². The van der Waals surface area contributed by atoms with Crippen LogP contribution in [0.25, 0.3) is 0 Å². The fourth-order valence-corrected chi connectivity index (χ4v) is 1.78. The zero-order chi connectivity index (χ0) is 19.7. The van der Waals surface area contributed by atoms with Gasteiger partial charge in [-0.15, -0.1) is 0 Å². The summed E-state index contributed by atoms with van der Waals surface area (Å²) in [5, 5.41) is 19.3. The molecule has 0 aromatic heterocycles. The van der Waals surface area contributed by atoms with Gasteiger partial charge in [0.25, 0.3) is 0 Å². The summed E-state index contributed by atoms with van der Waals surface area (Å²) < 4.78 is 18.8. The lowest BCUT2D eigenvalue weighted by Crippen LogP contribution is -2.54. The van der Waals surface area contributed by atoms with Crippen LogP contribution in [0.15, 0.2) is 0 Å². The van der Waals surface area contributed by atoms with Gasteiger partial charge in [-0.3, -0.25) is 19.2 Å². The van der Waals surface area contributed by atoms with Crippen molar-refractivity contribution in [2.24, 2.45) is 0 Å². The number of aliphatic hydroxyl groups is 1. The summed E-state index contributed by atoms with van der Waals surface area (Å²) in [6.07, 6.45) is -7.48. The maximum Gasteiger partial charge on any atom is 0.349 e. The summed E-state index contributed by atoms with van der Waals surface area (Å²) in [6, 6.07) is 0. The summed E-state index contributed by atoms with van der Waals surface area (Å²) in [7, 11) is 0. The number of hydrogen-bond acceptors (Lipinski definition) is 10. The Morgan fingerprint density at radius 2 is 1.20 bits per heavy atom. The number of carboxylic acids is 1. The highest BCUT2D eigenvalue weighted by Gasteiger charge is 2.45. The molecule has 0 rings (SSSR count). The molecule has 0 aromatic carbocycles. The smallest absolute Gasteiger partial charge is 0.349 e.